The van der Waals surface area contributed by atoms with Gasteiger partial charge in [-0.15, -0.1) is 5.10 Å². The molecule has 0 aliphatic carbocycles. The minimum Gasteiger partial charge on any atom is -0.308 e. The zero-order valence-corrected chi connectivity index (χ0v) is 9.81. The van der Waals surface area contributed by atoms with Crippen LogP contribution >= 0.6 is 0 Å². The summed E-state index contributed by atoms with van der Waals surface area (Å²) in [6, 6.07) is 8.48. The lowest BCUT2D eigenvalue weighted by molar-refractivity contribution is 0.596. The first kappa shape index (κ1) is 10.8. The van der Waals surface area contributed by atoms with Gasteiger partial charge in [0, 0.05) is 7.05 Å². The van der Waals surface area contributed by atoms with Gasteiger partial charge in [0.2, 0.25) is 0 Å². The van der Waals surface area contributed by atoms with Crippen LogP contribution in [0.15, 0.2) is 30.5 Å². The summed E-state index contributed by atoms with van der Waals surface area (Å²) >= 11 is 0. The van der Waals surface area contributed by atoms with E-state index < -0.39 is 0 Å². The Morgan fingerprint density at radius 2 is 2.06 bits per heavy atom. The van der Waals surface area contributed by atoms with E-state index in [1.54, 1.807) is 10.9 Å². The lowest BCUT2D eigenvalue weighted by Gasteiger charge is -2.18. The van der Waals surface area contributed by atoms with Crippen molar-refractivity contribution in [3.63, 3.8) is 0 Å². The Hall–Kier alpha value is -1.68. The molecule has 2 aromatic rings. The van der Waals surface area contributed by atoms with Crippen molar-refractivity contribution in [3.05, 3.63) is 47.3 Å². The SMILES string of the molecule is CNC(c1ccccc1C)c1cnnn1C. The van der Waals surface area contributed by atoms with Crippen LogP contribution in [0.2, 0.25) is 0 Å². The average molecular weight is 216 g/mol. The van der Waals surface area contributed by atoms with Crippen LogP contribution in [-0.2, 0) is 7.05 Å². The number of rotatable bonds is 3. The van der Waals surface area contributed by atoms with Gasteiger partial charge in [0.25, 0.3) is 0 Å². The molecule has 1 N–H and O–H groups in total. The summed E-state index contributed by atoms with van der Waals surface area (Å²) in [4.78, 5) is 0. The van der Waals surface area contributed by atoms with Crippen LogP contribution < -0.4 is 5.32 Å². The van der Waals surface area contributed by atoms with Gasteiger partial charge in [-0.25, -0.2) is 0 Å². The molecule has 1 atom stereocenters. The molecule has 0 bridgehead atoms. The quantitative estimate of drug-likeness (QED) is 0.844. The Kier molecular flexibility index (Phi) is 3.01. The monoisotopic (exact) mass is 216 g/mol. The molecule has 0 aliphatic rings. The fourth-order valence-electron chi connectivity index (χ4n) is 1.93. The number of benzene rings is 1. The second kappa shape index (κ2) is 4.45. The number of aromatic nitrogens is 3. The molecule has 84 valence electrons. The molecule has 0 spiro atoms. The molecule has 0 radical (unpaired) electrons. The first-order chi connectivity index (χ1) is 7.74. The van der Waals surface area contributed by atoms with Gasteiger partial charge in [0.15, 0.2) is 0 Å². The summed E-state index contributed by atoms with van der Waals surface area (Å²) in [5, 5.41) is 11.2. The van der Waals surface area contributed by atoms with E-state index in [1.807, 2.05) is 20.2 Å². The largest absolute Gasteiger partial charge is 0.308 e. The smallest absolute Gasteiger partial charge is 0.0798 e. The molecular weight excluding hydrogens is 200 g/mol. The average Bonchev–Trinajstić information content (AvgIpc) is 2.69. The van der Waals surface area contributed by atoms with Crippen LogP contribution in [0.25, 0.3) is 0 Å². The molecule has 1 aromatic heterocycles. The van der Waals surface area contributed by atoms with Crippen LogP contribution in [0.4, 0.5) is 0 Å². The molecule has 1 unspecified atom stereocenters. The summed E-state index contributed by atoms with van der Waals surface area (Å²) in [6.07, 6.45) is 1.80. The van der Waals surface area contributed by atoms with Gasteiger partial charge in [-0.05, 0) is 25.1 Å². The second-order valence-corrected chi connectivity index (χ2v) is 3.86. The lowest BCUT2D eigenvalue weighted by Crippen LogP contribution is -2.21. The number of hydrogen-bond acceptors (Lipinski definition) is 3. The fraction of sp³-hybridized carbons (Fsp3) is 0.333. The number of nitrogens with zero attached hydrogens (tertiary/aromatic N) is 3. The van der Waals surface area contributed by atoms with E-state index in [0.717, 1.165) is 5.69 Å². The van der Waals surface area contributed by atoms with Crippen LogP contribution in [-0.4, -0.2) is 22.0 Å². The number of hydrogen-bond donors (Lipinski definition) is 1. The van der Waals surface area contributed by atoms with E-state index in [1.165, 1.54) is 11.1 Å². The van der Waals surface area contributed by atoms with Gasteiger partial charge in [-0.1, -0.05) is 29.5 Å². The standard InChI is InChI=1S/C12H16N4/c1-9-6-4-5-7-10(9)12(13-2)11-8-14-15-16(11)3/h4-8,12-13H,1-3H3. The molecule has 4 nitrogen and oxygen atoms in total. The Balaban J connectivity index is 2.45. The molecule has 2 rings (SSSR count). The third-order valence-corrected chi connectivity index (χ3v) is 2.83. The third kappa shape index (κ3) is 1.84. The second-order valence-electron chi connectivity index (χ2n) is 3.86. The molecule has 0 aliphatic heterocycles. The van der Waals surface area contributed by atoms with Crippen molar-refractivity contribution in [3.8, 4) is 0 Å². The van der Waals surface area contributed by atoms with Crippen LogP contribution in [0.3, 0.4) is 0 Å². The molecule has 0 saturated carbocycles. The first-order valence-electron chi connectivity index (χ1n) is 5.31. The van der Waals surface area contributed by atoms with Crippen molar-refractivity contribution in [2.75, 3.05) is 7.05 Å². The molecule has 0 fully saturated rings. The topological polar surface area (TPSA) is 42.7 Å². The van der Waals surface area contributed by atoms with Crippen molar-refractivity contribution < 1.29 is 0 Å². The predicted octanol–water partition coefficient (Wildman–Crippen LogP) is 1.43. The highest BCUT2D eigenvalue weighted by Crippen LogP contribution is 2.22. The maximum Gasteiger partial charge on any atom is 0.0798 e. The third-order valence-electron chi connectivity index (χ3n) is 2.83. The van der Waals surface area contributed by atoms with Crippen molar-refractivity contribution in [2.45, 2.75) is 13.0 Å². The molecule has 0 amide bonds. The van der Waals surface area contributed by atoms with Crippen molar-refractivity contribution in [1.29, 1.82) is 0 Å². The van der Waals surface area contributed by atoms with Gasteiger partial charge in [-0.2, -0.15) is 0 Å². The highest BCUT2D eigenvalue weighted by molar-refractivity contribution is 5.33. The molecular formula is C12H16N4. The normalized spacial score (nSPS) is 12.7. The van der Waals surface area contributed by atoms with E-state index in [9.17, 15) is 0 Å². The molecule has 4 heteroatoms. The van der Waals surface area contributed by atoms with Gasteiger partial charge in [0.05, 0.1) is 17.9 Å². The van der Waals surface area contributed by atoms with Crippen molar-refractivity contribution in [1.82, 2.24) is 20.3 Å². The van der Waals surface area contributed by atoms with Crippen molar-refractivity contribution >= 4 is 0 Å². The Morgan fingerprint density at radius 3 is 2.62 bits per heavy atom. The van der Waals surface area contributed by atoms with E-state index in [2.05, 4.69) is 40.8 Å². The van der Waals surface area contributed by atoms with E-state index in [0.29, 0.717) is 0 Å². The van der Waals surface area contributed by atoms with Crippen LogP contribution in [0, 0.1) is 6.92 Å². The van der Waals surface area contributed by atoms with E-state index in [4.69, 9.17) is 0 Å². The molecule has 16 heavy (non-hydrogen) atoms. The highest BCUT2D eigenvalue weighted by Gasteiger charge is 2.17. The maximum atomic E-state index is 3.97. The molecule has 1 aromatic carbocycles. The summed E-state index contributed by atoms with van der Waals surface area (Å²) in [5.74, 6) is 0. The van der Waals surface area contributed by atoms with Gasteiger partial charge >= 0.3 is 0 Å². The first-order valence-corrected chi connectivity index (χ1v) is 5.31. The van der Waals surface area contributed by atoms with Gasteiger partial charge in [0.1, 0.15) is 0 Å². The van der Waals surface area contributed by atoms with E-state index >= 15 is 0 Å². The summed E-state index contributed by atoms with van der Waals surface area (Å²) in [7, 11) is 3.86. The Morgan fingerprint density at radius 1 is 1.31 bits per heavy atom. The van der Waals surface area contributed by atoms with E-state index in [-0.39, 0.29) is 6.04 Å². The molecule has 0 saturated heterocycles. The zero-order valence-electron chi connectivity index (χ0n) is 9.81. The maximum absolute atomic E-state index is 3.97. The summed E-state index contributed by atoms with van der Waals surface area (Å²) in [6.45, 7) is 2.11. The van der Waals surface area contributed by atoms with Crippen LogP contribution in [0.5, 0.6) is 0 Å². The highest BCUT2D eigenvalue weighted by atomic mass is 15.4. The van der Waals surface area contributed by atoms with Crippen molar-refractivity contribution in [2.24, 2.45) is 7.05 Å². The number of aryl methyl sites for hydroxylation is 2. The predicted molar refractivity (Wildman–Crippen MR) is 63.1 cm³/mol. The molecule has 1 heterocycles. The summed E-state index contributed by atoms with van der Waals surface area (Å²) in [5.41, 5.74) is 3.59. The zero-order chi connectivity index (χ0) is 11.5. The number of nitrogens with one attached hydrogen (secondary N) is 1. The Labute approximate surface area is 95.3 Å². The minimum absolute atomic E-state index is 0.140. The van der Waals surface area contributed by atoms with Gasteiger partial charge in [-0.3, -0.25) is 4.68 Å². The minimum atomic E-state index is 0.140. The fourth-order valence-corrected chi connectivity index (χ4v) is 1.93. The summed E-state index contributed by atoms with van der Waals surface area (Å²) < 4.78 is 1.80. The van der Waals surface area contributed by atoms with Crippen LogP contribution in [0.1, 0.15) is 22.9 Å². The Bertz CT molecular complexity index is 475. The van der Waals surface area contributed by atoms with Gasteiger partial charge < -0.3 is 5.32 Å². The lowest BCUT2D eigenvalue weighted by atomic mass is 9.99.